The highest BCUT2D eigenvalue weighted by Gasteiger charge is 2.43. The first-order chi connectivity index (χ1) is 9.52. The Morgan fingerprint density at radius 3 is 3.00 bits per heavy atom. The van der Waals surface area contributed by atoms with E-state index in [2.05, 4.69) is 15.0 Å². The van der Waals surface area contributed by atoms with Crippen molar-refractivity contribution < 1.29 is 14.9 Å². The number of aliphatic hydroxyl groups is 2. The molecule has 108 valence electrons. The van der Waals surface area contributed by atoms with Gasteiger partial charge in [-0.15, -0.1) is 0 Å². The number of nitrogens with one attached hydrogen (secondary N) is 1. The van der Waals surface area contributed by atoms with E-state index in [-0.39, 0.29) is 27.6 Å². The fourth-order valence-corrected chi connectivity index (χ4v) is 2.97. The molecule has 2 aromatic heterocycles. The van der Waals surface area contributed by atoms with Crippen molar-refractivity contribution in [1.29, 1.82) is 0 Å². The van der Waals surface area contributed by atoms with Gasteiger partial charge in [-0.1, -0.05) is 22.6 Å². The average molecular weight is 393 g/mol. The molecule has 4 atom stereocenters. The summed E-state index contributed by atoms with van der Waals surface area (Å²) in [6, 6.07) is 0. The normalized spacial score (nSPS) is 30.1. The van der Waals surface area contributed by atoms with Crippen molar-refractivity contribution >= 4 is 39.7 Å². The Morgan fingerprint density at radius 2 is 2.35 bits per heavy atom. The molecule has 2 aromatic rings. The number of hydrogen-bond acceptors (Lipinski definition) is 7. The van der Waals surface area contributed by atoms with Crippen molar-refractivity contribution in [3.8, 4) is 0 Å². The van der Waals surface area contributed by atoms with Gasteiger partial charge in [0, 0.05) is 0 Å². The Balaban J connectivity index is 2.09. The van der Waals surface area contributed by atoms with Gasteiger partial charge in [0.2, 0.25) is 5.95 Å². The van der Waals surface area contributed by atoms with Gasteiger partial charge < -0.3 is 20.7 Å². The molecule has 0 unspecified atom stereocenters. The zero-order valence-electron chi connectivity index (χ0n) is 10.1. The monoisotopic (exact) mass is 393 g/mol. The van der Waals surface area contributed by atoms with Crippen molar-refractivity contribution in [2.24, 2.45) is 0 Å². The van der Waals surface area contributed by atoms with Crippen LogP contribution in [-0.4, -0.2) is 52.5 Å². The van der Waals surface area contributed by atoms with Gasteiger partial charge in [0.05, 0.1) is 23.0 Å². The standard InChI is InChI=1S/C10H12IN5O4/c11-4-3(1-17)20-9(6(4)18)16-2-13-5-7(16)14-10(12)15-8(5)19/h2-4,6,9,17-18H,1H2,(H3,12,14,15,19)/t3-,4+,6-,9-/m1/s1. The number of fused-ring (bicyclic) bond motifs is 1. The summed E-state index contributed by atoms with van der Waals surface area (Å²) >= 11 is 2.02. The average Bonchev–Trinajstić information content (AvgIpc) is 2.93. The lowest BCUT2D eigenvalue weighted by Gasteiger charge is -2.16. The zero-order chi connectivity index (χ0) is 14.4. The van der Waals surface area contributed by atoms with Gasteiger partial charge >= 0.3 is 0 Å². The van der Waals surface area contributed by atoms with Gasteiger partial charge in [-0.25, -0.2) is 4.98 Å². The minimum absolute atomic E-state index is 0.0403. The smallest absolute Gasteiger partial charge is 0.280 e. The summed E-state index contributed by atoms with van der Waals surface area (Å²) in [6.45, 7) is -0.204. The lowest BCUT2D eigenvalue weighted by molar-refractivity contribution is -0.0485. The Hall–Kier alpha value is -1.24. The SMILES string of the molecule is Nc1nc2c(ncn2[C@@H]2O[C@H](CO)[C@H](I)[C@H]2O)c(=O)[nH]1. The molecular weight excluding hydrogens is 381 g/mol. The third kappa shape index (κ3) is 1.99. The van der Waals surface area contributed by atoms with Crippen LogP contribution < -0.4 is 11.3 Å². The number of aromatic amines is 1. The second-order valence-corrected chi connectivity index (χ2v) is 5.90. The molecule has 1 saturated heterocycles. The third-order valence-electron chi connectivity index (χ3n) is 3.19. The number of alkyl halides is 1. The van der Waals surface area contributed by atoms with Crippen LogP contribution in [0.1, 0.15) is 6.23 Å². The number of aliphatic hydroxyl groups excluding tert-OH is 2. The number of H-pyrrole nitrogens is 1. The van der Waals surface area contributed by atoms with Crippen LogP contribution in [0.25, 0.3) is 11.2 Å². The molecule has 20 heavy (non-hydrogen) atoms. The molecule has 1 fully saturated rings. The van der Waals surface area contributed by atoms with Crippen LogP contribution in [0.5, 0.6) is 0 Å². The molecule has 1 aliphatic heterocycles. The van der Waals surface area contributed by atoms with Crippen LogP contribution in [0, 0.1) is 0 Å². The van der Waals surface area contributed by atoms with Gasteiger partial charge in [0.25, 0.3) is 5.56 Å². The molecule has 9 nitrogen and oxygen atoms in total. The molecule has 1 aliphatic rings. The van der Waals surface area contributed by atoms with Crippen molar-refractivity contribution in [2.45, 2.75) is 22.4 Å². The Bertz CT molecular complexity index is 701. The summed E-state index contributed by atoms with van der Waals surface area (Å²) in [5, 5.41) is 19.4. The van der Waals surface area contributed by atoms with Gasteiger partial charge in [-0.3, -0.25) is 14.3 Å². The van der Waals surface area contributed by atoms with Crippen LogP contribution >= 0.6 is 22.6 Å². The van der Waals surface area contributed by atoms with Crippen molar-refractivity contribution in [3.63, 3.8) is 0 Å². The van der Waals surface area contributed by atoms with E-state index in [4.69, 9.17) is 10.5 Å². The quantitative estimate of drug-likeness (QED) is 0.370. The molecule has 3 heterocycles. The maximum atomic E-state index is 11.7. The van der Waals surface area contributed by atoms with E-state index in [9.17, 15) is 15.0 Å². The van der Waals surface area contributed by atoms with Crippen molar-refractivity contribution in [2.75, 3.05) is 12.3 Å². The molecular formula is C10H12IN5O4. The molecule has 0 aromatic carbocycles. The van der Waals surface area contributed by atoms with E-state index in [0.29, 0.717) is 0 Å². The Labute approximate surface area is 125 Å². The molecule has 0 radical (unpaired) electrons. The van der Waals surface area contributed by atoms with E-state index < -0.39 is 24.0 Å². The van der Waals surface area contributed by atoms with E-state index in [1.165, 1.54) is 10.9 Å². The lowest BCUT2D eigenvalue weighted by Crippen LogP contribution is -2.28. The first-order valence-corrected chi connectivity index (χ1v) is 7.08. The topological polar surface area (TPSA) is 139 Å². The van der Waals surface area contributed by atoms with Crippen LogP contribution in [0.3, 0.4) is 0 Å². The number of halogens is 1. The molecule has 0 spiro atoms. The van der Waals surface area contributed by atoms with Gasteiger partial charge in [-0.05, 0) is 0 Å². The minimum atomic E-state index is -0.854. The van der Waals surface area contributed by atoms with Crippen molar-refractivity contribution in [3.05, 3.63) is 16.7 Å². The maximum absolute atomic E-state index is 11.7. The fraction of sp³-hybridized carbons (Fsp3) is 0.500. The molecule has 3 rings (SSSR count). The summed E-state index contributed by atoms with van der Waals surface area (Å²) in [4.78, 5) is 22.0. The third-order valence-corrected chi connectivity index (χ3v) is 4.73. The van der Waals surface area contributed by atoms with Gasteiger partial charge in [-0.2, -0.15) is 4.98 Å². The minimum Gasteiger partial charge on any atom is -0.394 e. The summed E-state index contributed by atoms with van der Waals surface area (Å²) in [5.74, 6) is -0.0403. The number of anilines is 1. The highest BCUT2D eigenvalue weighted by Crippen LogP contribution is 2.35. The first kappa shape index (κ1) is 13.7. The maximum Gasteiger partial charge on any atom is 0.280 e. The summed E-state index contributed by atoms with van der Waals surface area (Å²) in [7, 11) is 0. The number of hydrogen-bond donors (Lipinski definition) is 4. The molecule has 10 heteroatoms. The number of nitrogens with two attached hydrogens (primary N) is 1. The van der Waals surface area contributed by atoms with Gasteiger partial charge in [0.1, 0.15) is 6.10 Å². The van der Waals surface area contributed by atoms with E-state index in [1.54, 1.807) is 0 Å². The van der Waals surface area contributed by atoms with Crippen LogP contribution in [-0.2, 0) is 4.74 Å². The number of rotatable bonds is 2. The largest absolute Gasteiger partial charge is 0.394 e. The second-order valence-electron chi connectivity index (χ2n) is 4.46. The molecule has 0 amide bonds. The second kappa shape index (κ2) is 4.95. The number of ether oxygens (including phenoxy) is 1. The highest BCUT2D eigenvalue weighted by atomic mass is 127. The van der Waals surface area contributed by atoms with Crippen LogP contribution in [0.2, 0.25) is 0 Å². The number of nitrogens with zero attached hydrogens (tertiary/aromatic N) is 3. The highest BCUT2D eigenvalue weighted by molar-refractivity contribution is 14.1. The number of nitrogen functional groups attached to an aromatic ring is 1. The fourth-order valence-electron chi connectivity index (χ4n) is 2.21. The van der Waals surface area contributed by atoms with E-state index in [1.807, 2.05) is 22.6 Å². The zero-order valence-corrected chi connectivity index (χ0v) is 12.3. The Kier molecular flexibility index (Phi) is 3.40. The van der Waals surface area contributed by atoms with E-state index >= 15 is 0 Å². The first-order valence-electron chi connectivity index (χ1n) is 5.83. The summed E-state index contributed by atoms with van der Waals surface area (Å²) in [5.41, 5.74) is 5.41. The van der Waals surface area contributed by atoms with Crippen molar-refractivity contribution in [1.82, 2.24) is 19.5 Å². The predicted octanol–water partition coefficient (Wildman–Crippen LogP) is -1.24. The number of aromatic nitrogens is 4. The van der Waals surface area contributed by atoms with Crippen LogP contribution in [0.4, 0.5) is 5.95 Å². The number of imidazole rings is 1. The predicted molar refractivity (Wildman–Crippen MR) is 77.4 cm³/mol. The molecule has 0 saturated carbocycles. The molecule has 0 bridgehead atoms. The summed E-state index contributed by atoms with van der Waals surface area (Å²) in [6.07, 6.45) is -0.754. The van der Waals surface area contributed by atoms with Crippen LogP contribution in [0.15, 0.2) is 11.1 Å². The molecule has 0 aliphatic carbocycles. The Morgan fingerprint density at radius 1 is 1.60 bits per heavy atom. The summed E-state index contributed by atoms with van der Waals surface area (Å²) < 4.78 is 6.76. The molecule has 5 N–H and O–H groups in total. The lowest BCUT2D eigenvalue weighted by atomic mass is 10.2. The van der Waals surface area contributed by atoms with Gasteiger partial charge in [0.15, 0.2) is 17.4 Å². The van der Waals surface area contributed by atoms with E-state index in [0.717, 1.165) is 0 Å².